The maximum absolute atomic E-state index is 12.7. The Morgan fingerprint density at radius 2 is 2.00 bits per heavy atom. The number of carboxylic acids is 1. The van der Waals surface area contributed by atoms with Crippen LogP contribution in [-0.4, -0.2) is 34.2 Å². The van der Waals surface area contributed by atoms with Crippen LogP contribution in [0.3, 0.4) is 0 Å². The van der Waals surface area contributed by atoms with Crippen LogP contribution in [0.1, 0.15) is 38.2 Å². The van der Waals surface area contributed by atoms with Gasteiger partial charge in [-0.25, -0.2) is 4.79 Å². The summed E-state index contributed by atoms with van der Waals surface area (Å²) in [5.74, 6) is -1.62. The smallest absolute Gasteiger partial charge is 0.337 e. The largest absolute Gasteiger partial charge is 0.479 e. The number of hydrogen-bond donors (Lipinski definition) is 3. The van der Waals surface area contributed by atoms with Crippen molar-refractivity contribution >= 4 is 23.5 Å². The van der Waals surface area contributed by atoms with Gasteiger partial charge in [-0.3, -0.25) is 4.79 Å². The molecule has 5 nitrogen and oxygen atoms in total. The third kappa shape index (κ3) is 3.25. The van der Waals surface area contributed by atoms with Gasteiger partial charge in [-0.1, -0.05) is 36.6 Å². The number of amides is 1. The Morgan fingerprint density at radius 1 is 1.36 bits per heavy atom. The second kappa shape index (κ2) is 6.26. The number of rotatable bonds is 5. The van der Waals surface area contributed by atoms with E-state index in [1.54, 1.807) is 18.2 Å². The van der Waals surface area contributed by atoms with Crippen LogP contribution in [0.4, 0.5) is 0 Å². The zero-order valence-electron chi connectivity index (χ0n) is 12.4. The Hall–Kier alpha value is -1.59. The van der Waals surface area contributed by atoms with E-state index in [4.69, 9.17) is 16.7 Å². The summed E-state index contributed by atoms with van der Waals surface area (Å²) in [7, 11) is 0. The number of nitrogens with one attached hydrogen (secondary N) is 1. The van der Waals surface area contributed by atoms with Crippen molar-refractivity contribution in [2.24, 2.45) is 0 Å². The molecule has 1 amide bonds. The summed E-state index contributed by atoms with van der Waals surface area (Å²) in [4.78, 5) is 23.6. The first-order valence-electron chi connectivity index (χ1n) is 7.28. The SMILES string of the molecule is CC(O)(CNC(=O)C1(c2cccc(Cl)c2)CCCC1)C(=O)O. The normalized spacial score (nSPS) is 19.4. The minimum absolute atomic E-state index is 0.256. The second-order valence-electron chi connectivity index (χ2n) is 6.06. The fourth-order valence-electron chi connectivity index (χ4n) is 2.91. The van der Waals surface area contributed by atoms with Crippen molar-refractivity contribution < 1.29 is 19.8 Å². The molecule has 0 bridgehead atoms. The molecule has 3 N–H and O–H groups in total. The summed E-state index contributed by atoms with van der Waals surface area (Å²) in [6, 6.07) is 7.20. The van der Waals surface area contributed by atoms with Gasteiger partial charge >= 0.3 is 5.97 Å². The molecule has 0 radical (unpaired) electrons. The summed E-state index contributed by atoms with van der Waals surface area (Å²) in [5, 5.41) is 21.8. The molecular formula is C16H20ClNO4. The summed E-state index contributed by atoms with van der Waals surface area (Å²) < 4.78 is 0. The average molecular weight is 326 g/mol. The minimum atomic E-state index is -1.98. The summed E-state index contributed by atoms with van der Waals surface area (Å²) in [6.45, 7) is 0.833. The van der Waals surface area contributed by atoms with Gasteiger partial charge in [0.1, 0.15) is 0 Å². The lowest BCUT2D eigenvalue weighted by Crippen LogP contribution is -2.51. The van der Waals surface area contributed by atoms with E-state index in [1.807, 2.05) is 6.07 Å². The first kappa shape index (κ1) is 16.8. The molecule has 120 valence electrons. The number of halogens is 1. The van der Waals surface area contributed by atoms with Gasteiger partial charge in [0.25, 0.3) is 0 Å². The van der Waals surface area contributed by atoms with Gasteiger partial charge in [-0.05, 0) is 37.5 Å². The molecule has 0 heterocycles. The molecule has 2 rings (SSSR count). The predicted molar refractivity (Wildman–Crippen MR) is 82.9 cm³/mol. The number of benzene rings is 1. The third-order valence-corrected chi connectivity index (χ3v) is 4.56. The van der Waals surface area contributed by atoms with Gasteiger partial charge in [0.05, 0.1) is 12.0 Å². The van der Waals surface area contributed by atoms with Crippen LogP contribution in [0.2, 0.25) is 5.02 Å². The lowest BCUT2D eigenvalue weighted by atomic mass is 9.78. The third-order valence-electron chi connectivity index (χ3n) is 4.32. The standard InChI is InChI=1S/C16H20ClNO4/c1-15(22,14(20)21)10-18-13(19)16(7-2-3-8-16)11-5-4-6-12(17)9-11/h4-6,9,22H,2-3,7-8,10H2,1H3,(H,18,19)(H,20,21). The molecule has 22 heavy (non-hydrogen) atoms. The van der Waals surface area contributed by atoms with Gasteiger partial charge in [0, 0.05) is 5.02 Å². The van der Waals surface area contributed by atoms with Crippen molar-refractivity contribution in [3.63, 3.8) is 0 Å². The van der Waals surface area contributed by atoms with E-state index in [0.29, 0.717) is 17.9 Å². The zero-order valence-corrected chi connectivity index (χ0v) is 13.2. The van der Waals surface area contributed by atoms with Crippen LogP contribution in [0.25, 0.3) is 0 Å². The van der Waals surface area contributed by atoms with Crippen molar-refractivity contribution in [1.82, 2.24) is 5.32 Å². The van der Waals surface area contributed by atoms with Gasteiger partial charge in [-0.15, -0.1) is 0 Å². The van der Waals surface area contributed by atoms with Gasteiger partial charge in [0.2, 0.25) is 5.91 Å². The number of carboxylic acid groups (broad SMARTS) is 1. The molecule has 0 spiro atoms. The van der Waals surface area contributed by atoms with E-state index in [0.717, 1.165) is 25.3 Å². The fourth-order valence-corrected chi connectivity index (χ4v) is 3.10. The number of aliphatic hydroxyl groups is 1. The van der Waals surface area contributed by atoms with E-state index in [9.17, 15) is 14.7 Å². The van der Waals surface area contributed by atoms with Crippen LogP contribution in [-0.2, 0) is 15.0 Å². The molecule has 1 atom stereocenters. The summed E-state index contributed by atoms with van der Waals surface area (Å²) in [5.41, 5.74) is -1.84. The number of aliphatic carboxylic acids is 1. The van der Waals surface area contributed by atoms with Crippen molar-refractivity contribution in [1.29, 1.82) is 0 Å². The molecule has 1 aromatic carbocycles. The van der Waals surface area contributed by atoms with E-state index in [1.165, 1.54) is 0 Å². The average Bonchev–Trinajstić information content (AvgIpc) is 2.95. The molecule has 1 aliphatic carbocycles. The molecule has 1 fully saturated rings. The number of carbonyl (C=O) groups excluding carboxylic acids is 1. The van der Waals surface area contributed by atoms with Crippen molar-refractivity contribution in [3.05, 3.63) is 34.9 Å². The predicted octanol–water partition coefficient (Wildman–Crippen LogP) is 2.10. The number of carbonyl (C=O) groups is 2. The molecule has 1 aromatic rings. The van der Waals surface area contributed by atoms with Crippen molar-refractivity contribution in [3.8, 4) is 0 Å². The molecule has 6 heteroatoms. The minimum Gasteiger partial charge on any atom is -0.479 e. The van der Waals surface area contributed by atoms with E-state index < -0.39 is 17.0 Å². The van der Waals surface area contributed by atoms with Crippen LogP contribution in [0.15, 0.2) is 24.3 Å². The van der Waals surface area contributed by atoms with Crippen molar-refractivity contribution in [2.75, 3.05) is 6.54 Å². The zero-order chi connectivity index (χ0) is 16.4. The second-order valence-corrected chi connectivity index (χ2v) is 6.50. The maximum atomic E-state index is 12.7. The van der Waals surface area contributed by atoms with Crippen LogP contribution >= 0.6 is 11.6 Å². The highest BCUT2D eigenvalue weighted by Gasteiger charge is 2.43. The Bertz CT molecular complexity index is 579. The van der Waals surface area contributed by atoms with Gasteiger partial charge in [0.15, 0.2) is 5.60 Å². The van der Waals surface area contributed by atoms with Gasteiger partial charge in [-0.2, -0.15) is 0 Å². The first-order valence-corrected chi connectivity index (χ1v) is 7.66. The highest BCUT2D eigenvalue weighted by molar-refractivity contribution is 6.30. The van der Waals surface area contributed by atoms with E-state index in [-0.39, 0.29) is 12.5 Å². The summed E-state index contributed by atoms with van der Waals surface area (Å²) in [6.07, 6.45) is 3.23. The fraction of sp³-hybridized carbons (Fsp3) is 0.500. The molecule has 1 aliphatic rings. The Balaban J connectivity index is 2.21. The molecule has 1 unspecified atom stereocenters. The highest BCUT2D eigenvalue weighted by Crippen LogP contribution is 2.42. The van der Waals surface area contributed by atoms with Crippen molar-refractivity contribution in [2.45, 2.75) is 43.6 Å². The molecule has 1 saturated carbocycles. The Kier molecular flexibility index (Phi) is 4.78. The topological polar surface area (TPSA) is 86.6 Å². The van der Waals surface area contributed by atoms with Crippen LogP contribution < -0.4 is 5.32 Å². The Labute approximate surface area is 134 Å². The molecule has 0 aromatic heterocycles. The monoisotopic (exact) mass is 325 g/mol. The van der Waals surface area contributed by atoms with E-state index >= 15 is 0 Å². The maximum Gasteiger partial charge on any atom is 0.337 e. The number of hydrogen-bond acceptors (Lipinski definition) is 3. The summed E-state index contributed by atoms with van der Waals surface area (Å²) >= 11 is 6.03. The molecule has 0 aliphatic heterocycles. The van der Waals surface area contributed by atoms with E-state index in [2.05, 4.69) is 5.32 Å². The lowest BCUT2D eigenvalue weighted by Gasteiger charge is -2.30. The Morgan fingerprint density at radius 3 is 2.55 bits per heavy atom. The highest BCUT2D eigenvalue weighted by atomic mass is 35.5. The first-order chi connectivity index (χ1) is 10.3. The van der Waals surface area contributed by atoms with Gasteiger partial charge < -0.3 is 15.5 Å². The quantitative estimate of drug-likeness (QED) is 0.773. The lowest BCUT2D eigenvalue weighted by molar-refractivity contribution is -0.156. The van der Waals surface area contributed by atoms with Crippen LogP contribution in [0.5, 0.6) is 0 Å². The van der Waals surface area contributed by atoms with Crippen LogP contribution in [0, 0.1) is 0 Å². The molecule has 0 saturated heterocycles. The molecular weight excluding hydrogens is 306 g/mol.